The van der Waals surface area contributed by atoms with Gasteiger partial charge in [0.05, 0.1) is 6.61 Å². The molecule has 0 aromatic heterocycles. The van der Waals surface area contributed by atoms with Crippen molar-refractivity contribution in [3.05, 3.63) is 65.7 Å². The zero-order valence-electron chi connectivity index (χ0n) is 15.0. The van der Waals surface area contributed by atoms with E-state index in [0.29, 0.717) is 11.7 Å². The lowest BCUT2D eigenvalue weighted by molar-refractivity contribution is 0.240. The van der Waals surface area contributed by atoms with Crippen LogP contribution in [0.15, 0.2) is 54.6 Å². The fraction of sp³-hybridized carbons (Fsp3) is 0.364. The van der Waals surface area contributed by atoms with Gasteiger partial charge in [0.25, 0.3) is 0 Å². The summed E-state index contributed by atoms with van der Waals surface area (Å²) < 4.78 is 5.92. The molecule has 2 nitrogen and oxygen atoms in total. The van der Waals surface area contributed by atoms with Gasteiger partial charge in [-0.15, -0.1) is 0 Å². The van der Waals surface area contributed by atoms with Gasteiger partial charge in [-0.1, -0.05) is 63.1 Å². The molecule has 0 saturated heterocycles. The van der Waals surface area contributed by atoms with Crippen LogP contribution in [0.4, 0.5) is 0 Å². The van der Waals surface area contributed by atoms with Crippen LogP contribution in [0.25, 0.3) is 5.57 Å². The fourth-order valence-corrected chi connectivity index (χ4v) is 2.65. The van der Waals surface area contributed by atoms with Gasteiger partial charge >= 0.3 is 0 Å². The Labute approximate surface area is 145 Å². The van der Waals surface area contributed by atoms with E-state index >= 15 is 0 Å². The van der Waals surface area contributed by atoms with Gasteiger partial charge in [0.2, 0.25) is 0 Å². The predicted molar refractivity (Wildman–Crippen MR) is 101 cm³/mol. The molecule has 0 aliphatic carbocycles. The smallest absolute Gasteiger partial charge is 0.123 e. The maximum absolute atomic E-state index is 10.2. The van der Waals surface area contributed by atoms with Crippen molar-refractivity contribution in [3.8, 4) is 11.5 Å². The molecule has 1 N–H and O–H groups in total. The Balaban J connectivity index is 2.09. The molecular weight excluding hydrogens is 296 g/mol. The maximum Gasteiger partial charge on any atom is 0.123 e. The van der Waals surface area contributed by atoms with Gasteiger partial charge in [-0.2, -0.15) is 0 Å². The summed E-state index contributed by atoms with van der Waals surface area (Å²) in [4.78, 5) is 0. The Kier molecular flexibility index (Phi) is 6.92. The second-order valence-corrected chi connectivity index (χ2v) is 6.25. The third-order valence-corrected chi connectivity index (χ3v) is 4.52. The third-order valence-electron chi connectivity index (χ3n) is 4.52. The van der Waals surface area contributed by atoms with Crippen molar-refractivity contribution in [1.29, 1.82) is 0 Å². The van der Waals surface area contributed by atoms with Crippen LogP contribution >= 0.6 is 0 Å². The number of ether oxygens (including phenoxy) is 1. The summed E-state index contributed by atoms with van der Waals surface area (Å²) in [6.45, 7) is 7.14. The first-order valence-corrected chi connectivity index (χ1v) is 8.80. The minimum atomic E-state index is 0.298. The summed E-state index contributed by atoms with van der Waals surface area (Å²) >= 11 is 0. The van der Waals surface area contributed by atoms with E-state index in [9.17, 15) is 5.11 Å². The molecule has 0 unspecified atom stereocenters. The zero-order valence-corrected chi connectivity index (χ0v) is 15.0. The molecule has 128 valence electrons. The lowest BCUT2D eigenvalue weighted by atomic mass is 10.0. The van der Waals surface area contributed by atoms with Gasteiger partial charge in [0.15, 0.2) is 0 Å². The summed E-state index contributed by atoms with van der Waals surface area (Å²) in [6, 6.07) is 15.8. The molecule has 0 radical (unpaired) electrons. The molecule has 2 heteroatoms. The van der Waals surface area contributed by atoms with Crippen molar-refractivity contribution in [2.75, 3.05) is 6.61 Å². The molecule has 0 bridgehead atoms. The van der Waals surface area contributed by atoms with E-state index in [0.717, 1.165) is 42.8 Å². The Morgan fingerprint density at radius 2 is 1.79 bits per heavy atom. The van der Waals surface area contributed by atoms with Gasteiger partial charge in [0, 0.05) is 5.56 Å². The van der Waals surface area contributed by atoms with Gasteiger partial charge in [-0.25, -0.2) is 0 Å². The lowest BCUT2D eigenvalue weighted by Gasteiger charge is -2.15. The van der Waals surface area contributed by atoms with Crippen molar-refractivity contribution in [3.63, 3.8) is 0 Å². The summed E-state index contributed by atoms with van der Waals surface area (Å²) in [5, 5.41) is 10.2. The van der Waals surface area contributed by atoms with E-state index < -0.39 is 0 Å². The van der Waals surface area contributed by atoms with E-state index in [2.05, 4.69) is 32.1 Å². The summed E-state index contributed by atoms with van der Waals surface area (Å²) in [5.41, 5.74) is 3.16. The largest absolute Gasteiger partial charge is 0.507 e. The molecule has 0 atom stereocenters. The number of hydrogen-bond acceptors (Lipinski definition) is 2. The van der Waals surface area contributed by atoms with Crippen molar-refractivity contribution in [2.45, 2.75) is 40.0 Å². The maximum atomic E-state index is 10.2. The molecule has 2 aromatic carbocycles. The average molecular weight is 324 g/mol. The van der Waals surface area contributed by atoms with Crippen LogP contribution in [-0.2, 0) is 6.42 Å². The Hall–Kier alpha value is -2.22. The third kappa shape index (κ3) is 5.16. The highest BCUT2D eigenvalue weighted by atomic mass is 16.5. The monoisotopic (exact) mass is 324 g/mol. The normalized spacial score (nSPS) is 11.8. The molecule has 0 fully saturated rings. The van der Waals surface area contributed by atoms with Crippen LogP contribution in [0.5, 0.6) is 11.5 Å². The predicted octanol–water partition coefficient (Wildman–Crippen LogP) is 5.85. The molecule has 0 aliphatic rings. The number of allylic oxidation sites excluding steroid dienone is 2. The summed E-state index contributed by atoms with van der Waals surface area (Å²) in [5.74, 6) is 1.70. The molecular formula is C22H28O2. The molecule has 0 saturated carbocycles. The molecule has 24 heavy (non-hydrogen) atoms. The number of phenols is 1. The van der Waals surface area contributed by atoms with Crippen LogP contribution in [0.1, 0.15) is 44.7 Å². The minimum Gasteiger partial charge on any atom is -0.507 e. The second-order valence-electron chi connectivity index (χ2n) is 6.25. The molecule has 0 aliphatic heterocycles. The van der Waals surface area contributed by atoms with Gasteiger partial charge < -0.3 is 9.84 Å². The molecule has 2 aromatic rings. The van der Waals surface area contributed by atoms with Crippen LogP contribution in [0.2, 0.25) is 0 Å². The number of aromatic hydroxyl groups is 1. The lowest BCUT2D eigenvalue weighted by Crippen LogP contribution is -2.10. The number of hydrogen-bond donors (Lipinski definition) is 1. The number of benzene rings is 2. The van der Waals surface area contributed by atoms with Crippen LogP contribution < -0.4 is 4.74 Å². The first-order chi connectivity index (χ1) is 11.6. The topological polar surface area (TPSA) is 29.5 Å². The SMILES string of the molecule is CCC(CC)COc1ccc(O)c(/C(C)=C\Cc2ccccc2)c1. The quantitative estimate of drug-likeness (QED) is 0.659. The summed E-state index contributed by atoms with van der Waals surface area (Å²) in [7, 11) is 0. The zero-order chi connectivity index (χ0) is 17.4. The van der Waals surface area contributed by atoms with Crippen molar-refractivity contribution < 1.29 is 9.84 Å². The number of rotatable bonds is 8. The van der Waals surface area contributed by atoms with Crippen molar-refractivity contribution in [2.24, 2.45) is 5.92 Å². The highest BCUT2D eigenvalue weighted by Gasteiger charge is 2.08. The van der Waals surface area contributed by atoms with E-state index in [-0.39, 0.29) is 0 Å². The number of phenolic OH excluding ortho intramolecular Hbond substituents is 1. The minimum absolute atomic E-state index is 0.298. The highest BCUT2D eigenvalue weighted by Crippen LogP contribution is 2.29. The average Bonchev–Trinajstić information content (AvgIpc) is 2.62. The second kappa shape index (κ2) is 9.17. The Morgan fingerprint density at radius 3 is 2.46 bits per heavy atom. The Bertz CT molecular complexity index is 655. The van der Waals surface area contributed by atoms with E-state index in [1.807, 2.05) is 37.3 Å². The first kappa shape index (κ1) is 18.1. The van der Waals surface area contributed by atoms with E-state index in [4.69, 9.17) is 4.74 Å². The molecule has 0 amide bonds. The standard InChI is InChI=1S/C22H28O2/c1-4-18(5-2)16-24-20-13-14-22(23)21(15-20)17(3)11-12-19-9-7-6-8-10-19/h6-11,13-15,18,23H,4-5,12,16H2,1-3H3/b17-11-. The highest BCUT2D eigenvalue weighted by molar-refractivity contribution is 5.70. The fourth-order valence-electron chi connectivity index (χ4n) is 2.65. The first-order valence-electron chi connectivity index (χ1n) is 8.80. The van der Waals surface area contributed by atoms with Crippen LogP contribution in [-0.4, -0.2) is 11.7 Å². The van der Waals surface area contributed by atoms with E-state index in [1.165, 1.54) is 5.56 Å². The van der Waals surface area contributed by atoms with Gasteiger partial charge in [0.1, 0.15) is 11.5 Å². The molecule has 0 spiro atoms. The Morgan fingerprint density at radius 1 is 1.08 bits per heavy atom. The molecule has 2 rings (SSSR count). The summed E-state index contributed by atoms with van der Waals surface area (Å²) in [6.07, 6.45) is 5.24. The van der Waals surface area contributed by atoms with Crippen LogP contribution in [0, 0.1) is 5.92 Å². The van der Waals surface area contributed by atoms with E-state index in [1.54, 1.807) is 6.07 Å². The van der Waals surface area contributed by atoms with Crippen LogP contribution in [0.3, 0.4) is 0 Å². The van der Waals surface area contributed by atoms with Gasteiger partial charge in [-0.05, 0) is 48.6 Å². The molecule has 0 heterocycles. The van der Waals surface area contributed by atoms with Gasteiger partial charge in [-0.3, -0.25) is 0 Å². The van der Waals surface area contributed by atoms with Crippen molar-refractivity contribution >= 4 is 5.57 Å². The van der Waals surface area contributed by atoms with Crippen molar-refractivity contribution in [1.82, 2.24) is 0 Å².